The summed E-state index contributed by atoms with van der Waals surface area (Å²) in [5, 5.41) is 5.37. The summed E-state index contributed by atoms with van der Waals surface area (Å²) in [6.07, 6.45) is 1.73. The fraction of sp³-hybridized carbons (Fsp3) is 0.235. The molecule has 0 aliphatic rings. The quantitative estimate of drug-likeness (QED) is 0.623. The number of nitrogens with zero attached hydrogens (tertiary/aromatic N) is 1. The minimum atomic E-state index is 0.197. The molecule has 0 aliphatic heterocycles. The van der Waals surface area contributed by atoms with Crippen molar-refractivity contribution in [3.05, 3.63) is 57.7 Å². The van der Waals surface area contributed by atoms with Crippen LogP contribution >= 0.6 is 22.9 Å². The molecule has 1 N–H and O–H groups in total. The van der Waals surface area contributed by atoms with Crippen LogP contribution in [0.4, 0.5) is 5.69 Å². The van der Waals surface area contributed by atoms with E-state index in [0.29, 0.717) is 5.15 Å². The monoisotopic (exact) mass is 316 g/mol. The molecule has 4 heteroatoms. The largest absolute Gasteiger partial charge is 0.375 e. The lowest BCUT2D eigenvalue weighted by atomic mass is 10.1. The summed E-state index contributed by atoms with van der Waals surface area (Å²) >= 11 is 8.05. The highest BCUT2D eigenvalue weighted by Gasteiger charge is 2.16. The zero-order chi connectivity index (χ0) is 15.0. The van der Waals surface area contributed by atoms with Crippen molar-refractivity contribution in [2.75, 3.05) is 5.32 Å². The Hall–Kier alpha value is -1.58. The molecule has 2 heterocycles. The smallest absolute Gasteiger partial charge is 0.152 e. The molecular formula is C17H17ClN2S. The van der Waals surface area contributed by atoms with Crippen molar-refractivity contribution in [1.82, 2.24) is 4.98 Å². The predicted molar refractivity (Wildman–Crippen MR) is 92.6 cm³/mol. The van der Waals surface area contributed by atoms with Crippen LogP contribution in [0.1, 0.15) is 29.0 Å². The summed E-state index contributed by atoms with van der Waals surface area (Å²) in [6, 6.07) is 10.7. The number of pyridine rings is 1. The number of nitrogens with one attached hydrogen (secondary N) is 1. The highest BCUT2D eigenvalue weighted by Crippen LogP contribution is 2.37. The van der Waals surface area contributed by atoms with E-state index in [-0.39, 0.29) is 6.04 Å². The van der Waals surface area contributed by atoms with Gasteiger partial charge in [-0.05, 0) is 49.4 Å². The summed E-state index contributed by atoms with van der Waals surface area (Å²) in [6.45, 7) is 6.39. The van der Waals surface area contributed by atoms with Crippen molar-refractivity contribution in [1.29, 1.82) is 0 Å². The molecule has 1 aromatic carbocycles. The van der Waals surface area contributed by atoms with E-state index in [4.69, 9.17) is 11.6 Å². The number of rotatable bonds is 3. The molecule has 0 amide bonds. The van der Waals surface area contributed by atoms with Gasteiger partial charge >= 0.3 is 0 Å². The lowest BCUT2D eigenvalue weighted by molar-refractivity contribution is 0.896. The zero-order valence-corrected chi connectivity index (χ0v) is 13.8. The van der Waals surface area contributed by atoms with Gasteiger partial charge < -0.3 is 5.32 Å². The molecule has 108 valence electrons. The van der Waals surface area contributed by atoms with E-state index in [1.807, 2.05) is 24.3 Å². The molecule has 0 spiro atoms. The Kier molecular flexibility index (Phi) is 3.87. The van der Waals surface area contributed by atoms with Crippen molar-refractivity contribution in [2.45, 2.75) is 26.8 Å². The van der Waals surface area contributed by atoms with E-state index in [1.165, 1.54) is 20.5 Å². The van der Waals surface area contributed by atoms with Crippen LogP contribution in [-0.4, -0.2) is 4.98 Å². The SMILES string of the molecule is Cc1ccnc(Cl)c1NC(C)c1sc2ccccc2c1C. The third kappa shape index (κ3) is 2.63. The predicted octanol–water partition coefficient (Wildman–Crippen LogP) is 5.74. The number of fused-ring (bicyclic) bond motifs is 1. The van der Waals surface area contributed by atoms with Crippen LogP contribution in [0.3, 0.4) is 0 Å². The molecule has 0 fully saturated rings. The second-order valence-electron chi connectivity index (χ2n) is 5.25. The second kappa shape index (κ2) is 5.66. The maximum absolute atomic E-state index is 6.21. The lowest BCUT2D eigenvalue weighted by Crippen LogP contribution is -2.08. The first kappa shape index (κ1) is 14.4. The third-order valence-corrected chi connectivity index (χ3v) is 5.49. The topological polar surface area (TPSA) is 24.9 Å². The van der Waals surface area contributed by atoms with Gasteiger partial charge in [0.2, 0.25) is 0 Å². The molecule has 0 aliphatic carbocycles. The van der Waals surface area contributed by atoms with E-state index >= 15 is 0 Å². The summed E-state index contributed by atoms with van der Waals surface area (Å²) < 4.78 is 1.33. The van der Waals surface area contributed by atoms with Crippen molar-refractivity contribution in [3.8, 4) is 0 Å². The van der Waals surface area contributed by atoms with Crippen LogP contribution in [0.2, 0.25) is 5.15 Å². The van der Waals surface area contributed by atoms with Gasteiger partial charge in [-0.15, -0.1) is 11.3 Å². The molecule has 0 bridgehead atoms. The number of anilines is 1. The number of aromatic nitrogens is 1. The van der Waals surface area contributed by atoms with E-state index in [0.717, 1.165) is 11.3 Å². The Morgan fingerprint density at radius 2 is 1.95 bits per heavy atom. The van der Waals surface area contributed by atoms with Crippen molar-refractivity contribution in [3.63, 3.8) is 0 Å². The molecule has 3 rings (SSSR count). The van der Waals surface area contributed by atoms with Crippen LogP contribution < -0.4 is 5.32 Å². The standard InChI is InChI=1S/C17H17ClN2S/c1-10-8-9-19-17(18)15(10)20-12(3)16-11(2)13-6-4-5-7-14(13)21-16/h4-9,12,20H,1-3H3. The zero-order valence-electron chi connectivity index (χ0n) is 12.3. The molecule has 1 unspecified atom stereocenters. The third-order valence-electron chi connectivity index (χ3n) is 3.75. The van der Waals surface area contributed by atoms with E-state index in [1.54, 1.807) is 6.20 Å². The first-order valence-corrected chi connectivity index (χ1v) is 8.13. The molecule has 0 radical (unpaired) electrons. The average Bonchev–Trinajstić information content (AvgIpc) is 2.81. The first-order valence-electron chi connectivity index (χ1n) is 6.93. The van der Waals surface area contributed by atoms with Gasteiger partial charge in [0.1, 0.15) is 0 Å². The normalized spacial score (nSPS) is 12.6. The number of aryl methyl sites for hydroxylation is 2. The van der Waals surface area contributed by atoms with Gasteiger partial charge in [-0.25, -0.2) is 4.98 Å². The lowest BCUT2D eigenvalue weighted by Gasteiger charge is -2.17. The maximum Gasteiger partial charge on any atom is 0.152 e. The first-order chi connectivity index (χ1) is 10.1. The molecule has 0 saturated carbocycles. The highest BCUT2D eigenvalue weighted by atomic mass is 35.5. The Labute approximate surface area is 133 Å². The second-order valence-corrected chi connectivity index (χ2v) is 6.69. The van der Waals surface area contributed by atoms with Crippen LogP contribution in [0.5, 0.6) is 0 Å². The van der Waals surface area contributed by atoms with Crippen molar-refractivity contribution >= 4 is 38.7 Å². The van der Waals surface area contributed by atoms with Crippen molar-refractivity contribution in [2.24, 2.45) is 0 Å². The molecule has 21 heavy (non-hydrogen) atoms. The minimum absolute atomic E-state index is 0.197. The molecule has 2 nitrogen and oxygen atoms in total. The molecule has 1 atom stereocenters. The van der Waals surface area contributed by atoms with Crippen LogP contribution in [0.15, 0.2) is 36.5 Å². The van der Waals surface area contributed by atoms with E-state index in [2.05, 4.69) is 48.4 Å². The Balaban J connectivity index is 1.97. The molecule has 2 aromatic heterocycles. The Morgan fingerprint density at radius 1 is 1.19 bits per heavy atom. The molecular weight excluding hydrogens is 300 g/mol. The number of halogens is 1. The fourth-order valence-corrected chi connectivity index (χ4v) is 4.06. The van der Waals surface area contributed by atoms with Gasteiger partial charge in [0, 0.05) is 15.8 Å². The van der Waals surface area contributed by atoms with Gasteiger partial charge in [0.05, 0.1) is 11.7 Å². The maximum atomic E-state index is 6.21. The van der Waals surface area contributed by atoms with E-state index in [9.17, 15) is 0 Å². The van der Waals surface area contributed by atoms with Gasteiger partial charge in [0.25, 0.3) is 0 Å². The number of hydrogen-bond acceptors (Lipinski definition) is 3. The van der Waals surface area contributed by atoms with Gasteiger partial charge in [0.15, 0.2) is 5.15 Å². The molecule has 3 aromatic rings. The van der Waals surface area contributed by atoms with Crippen LogP contribution in [0.25, 0.3) is 10.1 Å². The van der Waals surface area contributed by atoms with Crippen LogP contribution in [-0.2, 0) is 0 Å². The summed E-state index contributed by atoms with van der Waals surface area (Å²) in [5.74, 6) is 0. The fourth-order valence-electron chi connectivity index (χ4n) is 2.59. The Morgan fingerprint density at radius 3 is 2.67 bits per heavy atom. The van der Waals surface area contributed by atoms with E-state index < -0.39 is 0 Å². The molecule has 0 saturated heterocycles. The van der Waals surface area contributed by atoms with Gasteiger partial charge in [-0.3, -0.25) is 0 Å². The Bertz CT molecular complexity index is 774. The summed E-state index contributed by atoms with van der Waals surface area (Å²) in [5.41, 5.74) is 3.37. The van der Waals surface area contributed by atoms with Gasteiger partial charge in [-0.2, -0.15) is 0 Å². The van der Waals surface area contributed by atoms with Crippen LogP contribution in [0, 0.1) is 13.8 Å². The summed E-state index contributed by atoms with van der Waals surface area (Å²) in [4.78, 5) is 5.50. The highest BCUT2D eigenvalue weighted by molar-refractivity contribution is 7.19. The number of benzene rings is 1. The number of hydrogen-bond donors (Lipinski definition) is 1. The summed E-state index contributed by atoms with van der Waals surface area (Å²) in [7, 11) is 0. The minimum Gasteiger partial charge on any atom is -0.375 e. The average molecular weight is 317 g/mol. The van der Waals surface area contributed by atoms with Crippen molar-refractivity contribution < 1.29 is 0 Å². The number of thiophene rings is 1. The van der Waals surface area contributed by atoms with Gasteiger partial charge in [-0.1, -0.05) is 29.8 Å².